The van der Waals surface area contributed by atoms with Crippen molar-refractivity contribution in [3.63, 3.8) is 0 Å². The van der Waals surface area contributed by atoms with Crippen LogP contribution in [-0.4, -0.2) is 19.6 Å². The molecule has 1 amide bonds. The van der Waals surface area contributed by atoms with Crippen molar-refractivity contribution < 1.29 is 14.3 Å². The van der Waals surface area contributed by atoms with Crippen LogP contribution in [0.1, 0.15) is 5.56 Å². The Balaban J connectivity index is 2.06. The van der Waals surface area contributed by atoms with E-state index in [0.29, 0.717) is 17.0 Å². The van der Waals surface area contributed by atoms with Gasteiger partial charge in [0.2, 0.25) is 0 Å². The average molecular weight is 396 g/mol. The van der Waals surface area contributed by atoms with Crippen LogP contribution in [0.5, 0.6) is 11.5 Å². The van der Waals surface area contributed by atoms with Gasteiger partial charge in [-0.15, -0.1) is 0 Å². The fourth-order valence-corrected chi connectivity index (χ4v) is 2.49. The lowest BCUT2D eigenvalue weighted by molar-refractivity contribution is -0.118. The molecule has 0 aliphatic heterocycles. The summed E-state index contributed by atoms with van der Waals surface area (Å²) in [7, 11) is 1.43. The number of benzene rings is 2. The van der Waals surface area contributed by atoms with Crippen LogP contribution >= 0.6 is 27.5 Å². The van der Waals surface area contributed by atoms with Crippen molar-refractivity contribution in [3.8, 4) is 17.6 Å². The number of ether oxygens (including phenoxy) is 2. The van der Waals surface area contributed by atoms with Crippen LogP contribution in [0.3, 0.4) is 0 Å². The Morgan fingerprint density at radius 3 is 2.83 bits per heavy atom. The first-order chi connectivity index (χ1) is 11.0. The van der Waals surface area contributed by atoms with Gasteiger partial charge in [-0.2, -0.15) is 5.26 Å². The Labute approximate surface area is 146 Å². The lowest BCUT2D eigenvalue weighted by Crippen LogP contribution is -2.20. The summed E-state index contributed by atoms with van der Waals surface area (Å²) in [5.74, 6) is 0.174. The molecule has 0 aromatic heterocycles. The van der Waals surface area contributed by atoms with Gasteiger partial charge in [0.15, 0.2) is 18.1 Å². The van der Waals surface area contributed by atoms with Gasteiger partial charge in [-0.3, -0.25) is 4.79 Å². The molecule has 5 nitrogen and oxygen atoms in total. The third kappa shape index (κ3) is 4.62. The van der Waals surface area contributed by atoms with Gasteiger partial charge in [-0.25, -0.2) is 0 Å². The average Bonchev–Trinajstić information content (AvgIpc) is 2.52. The fraction of sp³-hybridized carbons (Fsp3) is 0.125. The topological polar surface area (TPSA) is 71.3 Å². The molecule has 2 aromatic rings. The largest absolute Gasteiger partial charge is 0.493 e. The van der Waals surface area contributed by atoms with Crippen molar-refractivity contribution in [2.75, 3.05) is 19.0 Å². The maximum atomic E-state index is 11.9. The first-order valence-corrected chi connectivity index (χ1v) is 7.66. The van der Waals surface area contributed by atoms with Gasteiger partial charge in [-0.05, 0) is 24.3 Å². The summed E-state index contributed by atoms with van der Waals surface area (Å²) in [4.78, 5) is 11.9. The molecule has 0 unspecified atom stereocenters. The standard InChI is InChI=1S/C16H12BrClN2O3/c1-22-14-6-10(8-19)5-13(18)16(14)23-9-15(21)20-12-4-2-3-11(17)7-12/h2-7H,9H2,1H3,(H,20,21). The summed E-state index contributed by atoms with van der Waals surface area (Å²) in [5, 5.41) is 11.8. The van der Waals surface area contributed by atoms with Gasteiger partial charge in [0.1, 0.15) is 0 Å². The number of hydrogen-bond donors (Lipinski definition) is 1. The number of nitrogens with zero attached hydrogens (tertiary/aromatic N) is 1. The smallest absolute Gasteiger partial charge is 0.262 e. The molecule has 0 saturated heterocycles. The van der Waals surface area contributed by atoms with Crippen molar-refractivity contribution in [2.24, 2.45) is 0 Å². The van der Waals surface area contributed by atoms with Gasteiger partial charge in [-0.1, -0.05) is 33.6 Å². The summed E-state index contributed by atoms with van der Waals surface area (Å²) in [5.41, 5.74) is 0.989. The lowest BCUT2D eigenvalue weighted by atomic mass is 10.2. The summed E-state index contributed by atoms with van der Waals surface area (Å²) in [6.45, 7) is -0.242. The molecule has 0 saturated carbocycles. The number of nitriles is 1. The Morgan fingerprint density at radius 1 is 1.39 bits per heavy atom. The third-order valence-electron chi connectivity index (χ3n) is 2.81. The molecule has 0 heterocycles. The van der Waals surface area contributed by atoms with E-state index in [0.717, 1.165) is 4.47 Å². The molecule has 23 heavy (non-hydrogen) atoms. The zero-order chi connectivity index (χ0) is 16.8. The summed E-state index contributed by atoms with van der Waals surface area (Å²) in [6, 6.07) is 12.1. The van der Waals surface area contributed by atoms with E-state index in [2.05, 4.69) is 21.2 Å². The highest BCUT2D eigenvalue weighted by molar-refractivity contribution is 9.10. The number of rotatable bonds is 5. The second-order valence-electron chi connectivity index (χ2n) is 4.45. The highest BCUT2D eigenvalue weighted by atomic mass is 79.9. The zero-order valence-corrected chi connectivity index (χ0v) is 14.4. The van der Waals surface area contributed by atoms with Crippen LogP contribution in [0.4, 0.5) is 5.69 Å². The molecule has 7 heteroatoms. The number of halogens is 2. The van der Waals surface area contributed by atoms with Crippen LogP contribution in [0.25, 0.3) is 0 Å². The zero-order valence-electron chi connectivity index (χ0n) is 12.1. The highest BCUT2D eigenvalue weighted by Gasteiger charge is 2.14. The van der Waals surface area contributed by atoms with Crippen LogP contribution in [-0.2, 0) is 4.79 Å². The first-order valence-electron chi connectivity index (χ1n) is 6.49. The SMILES string of the molecule is COc1cc(C#N)cc(Cl)c1OCC(=O)Nc1cccc(Br)c1. The first kappa shape index (κ1) is 17.1. The highest BCUT2D eigenvalue weighted by Crippen LogP contribution is 2.36. The maximum absolute atomic E-state index is 11.9. The Bertz CT molecular complexity index is 774. The van der Waals surface area contributed by atoms with E-state index in [1.165, 1.54) is 19.2 Å². The second kappa shape index (κ2) is 7.86. The monoisotopic (exact) mass is 394 g/mol. The minimum absolute atomic E-state index is 0.205. The van der Waals surface area contributed by atoms with E-state index >= 15 is 0 Å². The normalized spacial score (nSPS) is 9.83. The molecule has 0 spiro atoms. The van der Waals surface area contributed by atoms with E-state index < -0.39 is 0 Å². The van der Waals surface area contributed by atoms with E-state index in [1.807, 2.05) is 12.1 Å². The number of carbonyl (C=O) groups excluding carboxylic acids is 1. The molecule has 0 aliphatic rings. The molecule has 0 radical (unpaired) electrons. The van der Waals surface area contributed by atoms with Crippen LogP contribution in [0.15, 0.2) is 40.9 Å². The number of methoxy groups -OCH3 is 1. The molecule has 0 aliphatic carbocycles. The minimum Gasteiger partial charge on any atom is -0.493 e. The lowest BCUT2D eigenvalue weighted by Gasteiger charge is -2.12. The molecular formula is C16H12BrClN2O3. The molecule has 0 bridgehead atoms. The van der Waals surface area contributed by atoms with Crippen LogP contribution < -0.4 is 14.8 Å². The van der Waals surface area contributed by atoms with Crippen molar-refractivity contribution in [1.29, 1.82) is 5.26 Å². The number of amides is 1. The van der Waals surface area contributed by atoms with Gasteiger partial charge >= 0.3 is 0 Å². The minimum atomic E-state index is -0.342. The molecule has 1 N–H and O–H groups in total. The Hall–Kier alpha value is -2.23. The quantitative estimate of drug-likeness (QED) is 0.830. The van der Waals surface area contributed by atoms with Crippen molar-refractivity contribution in [1.82, 2.24) is 0 Å². The number of anilines is 1. The molecule has 2 aromatic carbocycles. The molecular weight excluding hydrogens is 384 g/mol. The molecule has 0 fully saturated rings. The van der Waals surface area contributed by atoms with Crippen molar-refractivity contribution in [2.45, 2.75) is 0 Å². The number of carbonyl (C=O) groups is 1. The third-order valence-corrected chi connectivity index (χ3v) is 3.59. The van der Waals surface area contributed by atoms with Gasteiger partial charge in [0.05, 0.1) is 23.8 Å². The van der Waals surface area contributed by atoms with Crippen LogP contribution in [0.2, 0.25) is 5.02 Å². The van der Waals surface area contributed by atoms with Crippen LogP contribution in [0, 0.1) is 11.3 Å². The second-order valence-corrected chi connectivity index (χ2v) is 5.77. The Morgan fingerprint density at radius 2 is 2.17 bits per heavy atom. The predicted octanol–water partition coefficient (Wildman–Crippen LogP) is 4.00. The number of nitrogens with one attached hydrogen (secondary N) is 1. The Kier molecular flexibility index (Phi) is 5.85. The maximum Gasteiger partial charge on any atom is 0.262 e. The molecule has 0 atom stereocenters. The van der Waals surface area contributed by atoms with E-state index in [9.17, 15) is 4.79 Å². The van der Waals surface area contributed by atoms with E-state index in [4.69, 9.17) is 26.3 Å². The van der Waals surface area contributed by atoms with Crippen molar-refractivity contribution in [3.05, 3.63) is 51.5 Å². The van der Waals surface area contributed by atoms with E-state index in [-0.39, 0.29) is 23.3 Å². The predicted molar refractivity (Wildman–Crippen MR) is 91.0 cm³/mol. The summed E-state index contributed by atoms with van der Waals surface area (Å²) < 4.78 is 11.4. The summed E-state index contributed by atoms with van der Waals surface area (Å²) in [6.07, 6.45) is 0. The fourth-order valence-electron chi connectivity index (χ4n) is 1.83. The van der Waals surface area contributed by atoms with Gasteiger partial charge in [0, 0.05) is 16.2 Å². The number of hydrogen-bond acceptors (Lipinski definition) is 4. The van der Waals surface area contributed by atoms with E-state index in [1.54, 1.807) is 18.2 Å². The molecule has 118 valence electrons. The van der Waals surface area contributed by atoms with Gasteiger partial charge in [0.25, 0.3) is 5.91 Å². The molecule has 2 rings (SSSR count). The van der Waals surface area contributed by atoms with Crippen molar-refractivity contribution >= 4 is 39.1 Å². The summed E-state index contributed by atoms with van der Waals surface area (Å²) >= 11 is 9.39. The van der Waals surface area contributed by atoms with Gasteiger partial charge < -0.3 is 14.8 Å².